The van der Waals surface area contributed by atoms with Gasteiger partial charge in [0.25, 0.3) is 0 Å². The molecule has 1 aliphatic carbocycles. The molecule has 0 aromatic heterocycles. The largest absolute Gasteiger partial charge is 0.356 e. The van der Waals surface area contributed by atoms with Crippen LogP contribution in [0.25, 0.3) is 0 Å². The summed E-state index contributed by atoms with van der Waals surface area (Å²) in [5, 5.41) is 6.59. The first-order valence-electron chi connectivity index (χ1n) is 8.86. The molecule has 7 heteroatoms. The summed E-state index contributed by atoms with van der Waals surface area (Å²) in [7, 11) is -1.23. The molecule has 0 amide bonds. The lowest BCUT2D eigenvalue weighted by Crippen LogP contribution is -2.48. The minimum Gasteiger partial charge on any atom is -0.356 e. The standard InChI is InChI=1S/C18H26FN3O2S/c1-20-17(22-16-8-11-25(23,24)12-16)21-13-18(9-2-3-10-18)14-4-6-15(19)7-5-14/h4-7,16H,2-3,8-13H2,1H3,(H2,20,21,22). The Hall–Kier alpha value is -1.63. The third-order valence-electron chi connectivity index (χ3n) is 5.41. The Morgan fingerprint density at radius 1 is 1.28 bits per heavy atom. The van der Waals surface area contributed by atoms with E-state index in [9.17, 15) is 12.8 Å². The number of halogens is 1. The van der Waals surface area contributed by atoms with Crippen LogP contribution in [0.2, 0.25) is 0 Å². The number of hydrogen-bond acceptors (Lipinski definition) is 3. The third-order valence-corrected chi connectivity index (χ3v) is 7.18. The molecule has 0 bridgehead atoms. The lowest BCUT2D eigenvalue weighted by atomic mass is 9.79. The molecule has 1 saturated heterocycles. The topological polar surface area (TPSA) is 70.6 Å². The van der Waals surface area contributed by atoms with Gasteiger partial charge in [0.05, 0.1) is 11.5 Å². The smallest absolute Gasteiger partial charge is 0.191 e. The predicted octanol–water partition coefficient (Wildman–Crippen LogP) is 1.99. The van der Waals surface area contributed by atoms with Crippen LogP contribution in [0.15, 0.2) is 29.3 Å². The van der Waals surface area contributed by atoms with Crippen molar-refractivity contribution >= 4 is 15.8 Å². The molecule has 0 spiro atoms. The van der Waals surface area contributed by atoms with Gasteiger partial charge in [0, 0.05) is 25.0 Å². The lowest BCUT2D eigenvalue weighted by Gasteiger charge is -2.31. The maximum absolute atomic E-state index is 13.3. The van der Waals surface area contributed by atoms with Crippen LogP contribution in [-0.4, -0.2) is 45.5 Å². The molecule has 0 radical (unpaired) electrons. The maximum Gasteiger partial charge on any atom is 0.191 e. The van der Waals surface area contributed by atoms with Crippen molar-refractivity contribution in [1.29, 1.82) is 0 Å². The molecule has 1 unspecified atom stereocenters. The second-order valence-electron chi connectivity index (χ2n) is 7.16. The first-order valence-corrected chi connectivity index (χ1v) is 10.7. The predicted molar refractivity (Wildman–Crippen MR) is 98.1 cm³/mol. The molecule has 1 aromatic carbocycles. The highest BCUT2D eigenvalue weighted by Gasteiger charge is 2.36. The van der Waals surface area contributed by atoms with Crippen molar-refractivity contribution < 1.29 is 12.8 Å². The monoisotopic (exact) mass is 367 g/mol. The van der Waals surface area contributed by atoms with E-state index in [1.165, 1.54) is 12.1 Å². The number of sulfone groups is 1. The summed E-state index contributed by atoms with van der Waals surface area (Å²) in [6, 6.07) is 6.71. The summed E-state index contributed by atoms with van der Waals surface area (Å²) in [6.45, 7) is 0.706. The summed E-state index contributed by atoms with van der Waals surface area (Å²) in [6.07, 6.45) is 5.05. The molecular weight excluding hydrogens is 341 g/mol. The summed E-state index contributed by atoms with van der Waals surface area (Å²) >= 11 is 0. The van der Waals surface area contributed by atoms with Gasteiger partial charge < -0.3 is 10.6 Å². The van der Waals surface area contributed by atoms with Gasteiger partial charge in [-0.25, -0.2) is 12.8 Å². The van der Waals surface area contributed by atoms with E-state index in [1.807, 2.05) is 12.1 Å². The zero-order chi connectivity index (χ0) is 17.9. The molecule has 1 heterocycles. The Morgan fingerprint density at radius 3 is 2.52 bits per heavy atom. The number of nitrogens with zero attached hydrogens (tertiary/aromatic N) is 1. The van der Waals surface area contributed by atoms with Gasteiger partial charge in [-0.2, -0.15) is 0 Å². The molecule has 138 valence electrons. The summed E-state index contributed by atoms with van der Waals surface area (Å²) in [5.74, 6) is 0.818. The molecule has 1 aromatic rings. The number of rotatable bonds is 4. The molecule has 2 aliphatic rings. The Bertz CT molecular complexity index is 725. The number of nitrogens with one attached hydrogen (secondary N) is 2. The van der Waals surface area contributed by atoms with E-state index in [2.05, 4.69) is 15.6 Å². The first-order chi connectivity index (χ1) is 11.9. The van der Waals surface area contributed by atoms with Crippen LogP contribution in [0.1, 0.15) is 37.7 Å². The molecule has 1 atom stereocenters. The zero-order valence-corrected chi connectivity index (χ0v) is 15.4. The lowest BCUT2D eigenvalue weighted by molar-refractivity contribution is 0.429. The Labute approximate surface area is 149 Å². The van der Waals surface area contributed by atoms with E-state index in [-0.39, 0.29) is 28.8 Å². The van der Waals surface area contributed by atoms with Crippen LogP contribution in [0.4, 0.5) is 4.39 Å². The summed E-state index contributed by atoms with van der Waals surface area (Å²) in [4.78, 5) is 4.24. The summed E-state index contributed by atoms with van der Waals surface area (Å²) < 4.78 is 36.5. The van der Waals surface area contributed by atoms with Crippen LogP contribution < -0.4 is 10.6 Å². The second kappa shape index (κ2) is 7.32. The minimum absolute atomic E-state index is 0.0208. The van der Waals surface area contributed by atoms with Crippen LogP contribution in [0, 0.1) is 5.82 Å². The van der Waals surface area contributed by atoms with Gasteiger partial charge in [0.15, 0.2) is 15.8 Å². The average molecular weight is 367 g/mol. The molecular formula is C18H26FN3O2S. The van der Waals surface area contributed by atoms with Crippen LogP contribution in [0.5, 0.6) is 0 Å². The molecule has 2 N–H and O–H groups in total. The van der Waals surface area contributed by atoms with Crippen LogP contribution in [0.3, 0.4) is 0 Å². The highest BCUT2D eigenvalue weighted by molar-refractivity contribution is 7.91. The Kier molecular flexibility index (Phi) is 5.32. The molecule has 25 heavy (non-hydrogen) atoms. The van der Waals surface area contributed by atoms with E-state index in [0.29, 0.717) is 18.9 Å². The van der Waals surface area contributed by atoms with Crippen molar-refractivity contribution in [3.05, 3.63) is 35.6 Å². The fourth-order valence-electron chi connectivity index (χ4n) is 3.97. The number of guanidine groups is 1. The third kappa shape index (κ3) is 4.32. The molecule has 5 nitrogen and oxygen atoms in total. The molecule has 1 saturated carbocycles. The fourth-order valence-corrected chi connectivity index (χ4v) is 5.65. The van der Waals surface area contributed by atoms with Gasteiger partial charge in [-0.1, -0.05) is 25.0 Å². The SMILES string of the molecule is CN=C(NCC1(c2ccc(F)cc2)CCCC1)NC1CCS(=O)(=O)C1. The van der Waals surface area contributed by atoms with Crippen molar-refractivity contribution in [1.82, 2.24) is 10.6 Å². The highest BCUT2D eigenvalue weighted by atomic mass is 32.2. The molecule has 1 aliphatic heterocycles. The van der Waals surface area contributed by atoms with E-state index in [0.717, 1.165) is 31.2 Å². The van der Waals surface area contributed by atoms with E-state index < -0.39 is 9.84 Å². The summed E-state index contributed by atoms with van der Waals surface area (Å²) in [5.41, 5.74) is 1.13. The Morgan fingerprint density at radius 2 is 1.96 bits per heavy atom. The van der Waals surface area contributed by atoms with Crippen LogP contribution in [-0.2, 0) is 15.3 Å². The quantitative estimate of drug-likeness (QED) is 0.631. The van der Waals surface area contributed by atoms with E-state index >= 15 is 0 Å². The van der Waals surface area contributed by atoms with Gasteiger partial charge >= 0.3 is 0 Å². The van der Waals surface area contributed by atoms with Crippen molar-refractivity contribution in [3.8, 4) is 0 Å². The van der Waals surface area contributed by atoms with Crippen molar-refractivity contribution in [2.45, 2.75) is 43.6 Å². The average Bonchev–Trinajstić information content (AvgIpc) is 3.19. The highest BCUT2D eigenvalue weighted by Crippen LogP contribution is 2.40. The molecule has 2 fully saturated rings. The van der Waals surface area contributed by atoms with E-state index in [4.69, 9.17) is 0 Å². The van der Waals surface area contributed by atoms with E-state index in [1.54, 1.807) is 7.05 Å². The Balaban J connectivity index is 1.65. The van der Waals surface area contributed by atoms with Gasteiger partial charge in [-0.3, -0.25) is 4.99 Å². The second-order valence-corrected chi connectivity index (χ2v) is 9.39. The maximum atomic E-state index is 13.3. The minimum atomic E-state index is -2.92. The van der Waals surface area contributed by atoms with Gasteiger partial charge in [-0.05, 0) is 37.0 Å². The number of aliphatic imine (C=N–C) groups is 1. The van der Waals surface area contributed by atoms with Gasteiger partial charge in [0.1, 0.15) is 5.82 Å². The number of benzene rings is 1. The molecule has 3 rings (SSSR count). The van der Waals surface area contributed by atoms with Crippen LogP contribution >= 0.6 is 0 Å². The normalized spacial score (nSPS) is 25.0. The van der Waals surface area contributed by atoms with Gasteiger partial charge in [0.2, 0.25) is 0 Å². The van der Waals surface area contributed by atoms with Gasteiger partial charge in [-0.15, -0.1) is 0 Å². The first kappa shape index (κ1) is 18.2. The van der Waals surface area contributed by atoms with Crippen molar-refractivity contribution in [3.63, 3.8) is 0 Å². The fraction of sp³-hybridized carbons (Fsp3) is 0.611. The zero-order valence-electron chi connectivity index (χ0n) is 14.6. The number of hydrogen-bond donors (Lipinski definition) is 2. The van der Waals surface area contributed by atoms with Crippen molar-refractivity contribution in [2.75, 3.05) is 25.1 Å². The van der Waals surface area contributed by atoms with Crippen molar-refractivity contribution in [2.24, 2.45) is 4.99 Å².